The molecule has 2 N–H and O–H groups in total. The number of aromatic nitrogens is 3. The fourth-order valence-electron chi connectivity index (χ4n) is 2.07. The van der Waals surface area contributed by atoms with Crippen LogP contribution in [0.25, 0.3) is 17.0 Å². The monoisotopic (exact) mass is 238 g/mol. The Kier molecular flexibility index (Phi) is 2.30. The first-order chi connectivity index (χ1) is 8.66. The summed E-state index contributed by atoms with van der Waals surface area (Å²) in [5, 5.41) is 8.46. The molecule has 2 aromatic heterocycles. The zero-order chi connectivity index (χ0) is 12.7. The molecule has 0 radical (unpaired) electrons. The summed E-state index contributed by atoms with van der Waals surface area (Å²) in [7, 11) is 0. The van der Waals surface area contributed by atoms with Gasteiger partial charge in [0.05, 0.1) is 0 Å². The predicted molar refractivity (Wildman–Crippen MR) is 72.3 cm³/mol. The third-order valence-electron chi connectivity index (χ3n) is 3.18. The van der Waals surface area contributed by atoms with Crippen molar-refractivity contribution in [1.82, 2.24) is 14.6 Å². The Morgan fingerprint density at radius 1 is 1.11 bits per heavy atom. The molecule has 0 amide bonds. The molecule has 0 saturated carbocycles. The third-order valence-corrected chi connectivity index (χ3v) is 3.18. The van der Waals surface area contributed by atoms with Gasteiger partial charge in [-0.25, -0.2) is 0 Å². The van der Waals surface area contributed by atoms with E-state index in [1.165, 1.54) is 5.56 Å². The van der Waals surface area contributed by atoms with Crippen LogP contribution in [0.15, 0.2) is 36.5 Å². The van der Waals surface area contributed by atoms with Crippen LogP contribution in [0.4, 0.5) is 5.69 Å². The number of hydrogen-bond donors (Lipinski definition) is 1. The summed E-state index contributed by atoms with van der Waals surface area (Å²) in [4.78, 5) is 0. The van der Waals surface area contributed by atoms with Crippen molar-refractivity contribution in [2.24, 2.45) is 0 Å². The molecule has 4 nitrogen and oxygen atoms in total. The number of benzene rings is 1. The van der Waals surface area contributed by atoms with E-state index in [1.807, 2.05) is 54.8 Å². The fraction of sp³-hybridized carbons (Fsp3) is 0.143. The summed E-state index contributed by atoms with van der Waals surface area (Å²) >= 11 is 0. The van der Waals surface area contributed by atoms with Crippen LogP contribution in [0.3, 0.4) is 0 Å². The summed E-state index contributed by atoms with van der Waals surface area (Å²) in [5.41, 5.74) is 10.8. The van der Waals surface area contributed by atoms with E-state index in [0.29, 0.717) is 0 Å². The van der Waals surface area contributed by atoms with E-state index in [9.17, 15) is 0 Å². The first kappa shape index (κ1) is 10.8. The van der Waals surface area contributed by atoms with E-state index in [2.05, 4.69) is 10.2 Å². The molecule has 2 heterocycles. The van der Waals surface area contributed by atoms with Gasteiger partial charge in [-0.1, -0.05) is 12.1 Å². The van der Waals surface area contributed by atoms with E-state index >= 15 is 0 Å². The largest absolute Gasteiger partial charge is 0.398 e. The zero-order valence-corrected chi connectivity index (χ0v) is 10.4. The van der Waals surface area contributed by atoms with Crippen LogP contribution in [-0.2, 0) is 0 Å². The van der Waals surface area contributed by atoms with Crippen molar-refractivity contribution in [2.45, 2.75) is 13.8 Å². The van der Waals surface area contributed by atoms with Crippen LogP contribution >= 0.6 is 0 Å². The number of pyridine rings is 1. The molecule has 3 aromatic rings. The number of hydrogen-bond acceptors (Lipinski definition) is 3. The molecule has 0 atom stereocenters. The van der Waals surface area contributed by atoms with Crippen molar-refractivity contribution in [3.8, 4) is 11.4 Å². The van der Waals surface area contributed by atoms with Crippen LogP contribution in [0, 0.1) is 13.8 Å². The highest BCUT2D eigenvalue weighted by molar-refractivity contribution is 5.69. The molecule has 18 heavy (non-hydrogen) atoms. The number of nitrogens with two attached hydrogens (primary N) is 1. The van der Waals surface area contributed by atoms with E-state index in [1.54, 1.807) is 0 Å². The van der Waals surface area contributed by atoms with E-state index in [0.717, 1.165) is 28.3 Å². The first-order valence-electron chi connectivity index (χ1n) is 5.83. The quantitative estimate of drug-likeness (QED) is 0.663. The Morgan fingerprint density at radius 2 is 1.94 bits per heavy atom. The highest BCUT2D eigenvalue weighted by Crippen LogP contribution is 2.25. The molecular formula is C14H14N4. The number of aryl methyl sites for hydroxylation is 1. The SMILES string of the molecule is Cc1ccn2c(-c3cccc(N)c3C)nnc2c1. The molecule has 0 fully saturated rings. The predicted octanol–water partition coefficient (Wildman–Crippen LogP) is 2.60. The van der Waals surface area contributed by atoms with Crippen molar-refractivity contribution >= 4 is 11.3 Å². The summed E-state index contributed by atoms with van der Waals surface area (Å²) in [6.45, 7) is 4.04. The Hall–Kier alpha value is -2.36. The maximum atomic E-state index is 5.94. The highest BCUT2D eigenvalue weighted by Gasteiger charge is 2.11. The van der Waals surface area contributed by atoms with Gasteiger partial charge in [0.25, 0.3) is 0 Å². The lowest BCUT2D eigenvalue weighted by molar-refractivity contribution is 1.11. The average Bonchev–Trinajstić information content (AvgIpc) is 2.75. The number of anilines is 1. The molecule has 1 aromatic carbocycles. The summed E-state index contributed by atoms with van der Waals surface area (Å²) in [6, 6.07) is 9.90. The van der Waals surface area contributed by atoms with Gasteiger partial charge >= 0.3 is 0 Å². The molecule has 90 valence electrons. The molecule has 0 spiro atoms. The molecular weight excluding hydrogens is 224 g/mol. The van der Waals surface area contributed by atoms with E-state index in [4.69, 9.17) is 5.73 Å². The van der Waals surface area contributed by atoms with E-state index < -0.39 is 0 Å². The maximum Gasteiger partial charge on any atom is 0.168 e. The number of rotatable bonds is 1. The van der Waals surface area contributed by atoms with Crippen LogP contribution in [0.1, 0.15) is 11.1 Å². The molecule has 3 rings (SSSR count). The van der Waals surface area contributed by atoms with Crippen LogP contribution < -0.4 is 5.73 Å². The zero-order valence-electron chi connectivity index (χ0n) is 10.4. The lowest BCUT2D eigenvalue weighted by Gasteiger charge is -2.06. The van der Waals surface area contributed by atoms with Gasteiger partial charge in [0.15, 0.2) is 11.5 Å². The molecule has 0 bridgehead atoms. The van der Waals surface area contributed by atoms with Gasteiger partial charge in [-0.05, 0) is 43.2 Å². The second-order valence-corrected chi connectivity index (χ2v) is 4.48. The summed E-state index contributed by atoms with van der Waals surface area (Å²) in [6.07, 6.45) is 1.99. The second-order valence-electron chi connectivity index (χ2n) is 4.48. The average molecular weight is 238 g/mol. The molecule has 0 aliphatic carbocycles. The highest BCUT2D eigenvalue weighted by atomic mass is 15.2. The van der Waals surface area contributed by atoms with Gasteiger partial charge in [0.1, 0.15) is 0 Å². The van der Waals surface area contributed by atoms with Crippen molar-refractivity contribution in [3.05, 3.63) is 47.7 Å². The number of nitrogens with zero attached hydrogens (tertiary/aromatic N) is 3. The van der Waals surface area contributed by atoms with Crippen LogP contribution in [0.5, 0.6) is 0 Å². The molecule has 0 saturated heterocycles. The van der Waals surface area contributed by atoms with Crippen molar-refractivity contribution < 1.29 is 0 Å². The van der Waals surface area contributed by atoms with Crippen LogP contribution in [-0.4, -0.2) is 14.6 Å². The molecule has 0 unspecified atom stereocenters. The Bertz CT molecular complexity index is 728. The fourth-order valence-corrected chi connectivity index (χ4v) is 2.07. The standard InChI is InChI=1S/C14H14N4/c1-9-6-7-18-13(8-9)16-17-14(18)11-4-3-5-12(15)10(11)2/h3-8H,15H2,1-2H3. The van der Waals surface area contributed by atoms with Gasteiger partial charge in [0, 0.05) is 17.4 Å². The maximum absolute atomic E-state index is 5.94. The van der Waals surface area contributed by atoms with E-state index in [-0.39, 0.29) is 0 Å². The lowest BCUT2D eigenvalue weighted by atomic mass is 10.1. The molecule has 0 aliphatic heterocycles. The summed E-state index contributed by atoms with van der Waals surface area (Å²) in [5.74, 6) is 0.829. The van der Waals surface area contributed by atoms with Gasteiger partial charge in [-0.15, -0.1) is 10.2 Å². The minimum atomic E-state index is 0.774. The lowest BCUT2D eigenvalue weighted by Crippen LogP contribution is -1.95. The smallest absolute Gasteiger partial charge is 0.168 e. The topological polar surface area (TPSA) is 56.2 Å². The van der Waals surface area contributed by atoms with Crippen molar-refractivity contribution in [2.75, 3.05) is 5.73 Å². The first-order valence-corrected chi connectivity index (χ1v) is 5.83. The van der Waals surface area contributed by atoms with Gasteiger partial charge < -0.3 is 5.73 Å². The number of nitrogen functional groups attached to an aromatic ring is 1. The minimum absolute atomic E-state index is 0.774. The normalized spacial score (nSPS) is 11.0. The molecule has 0 aliphatic rings. The summed E-state index contributed by atoms with van der Waals surface area (Å²) < 4.78 is 1.98. The van der Waals surface area contributed by atoms with Crippen LogP contribution in [0.2, 0.25) is 0 Å². The molecule has 4 heteroatoms. The van der Waals surface area contributed by atoms with Gasteiger partial charge in [0.2, 0.25) is 0 Å². The minimum Gasteiger partial charge on any atom is -0.398 e. The van der Waals surface area contributed by atoms with Crippen molar-refractivity contribution in [1.29, 1.82) is 0 Å². The Labute approximate surface area is 105 Å². The van der Waals surface area contributed by atoms with Crippen molar-refractivity contribution in [3.63, 3.8) is 0 Å². The Balaban J connectivity index is 2.29. The van der Waals surface area contributed by atoms with Gasteiger partial charge in [-0.3, -0.25) is 4.40 Å². The number of fused-ring (bicyclic) bond motifs is 1. The second kappa shape index (κ2) is 3.84. The third kappa shape index (κ3) is 1.54. The Morgan fingerprint density at radius 3 is 2.78 bits per heavy atom. The van der Waals surface area contributed by atoms with Gasteiger partial charge in [-0.2, -0.15) is 0 Å².